The van der Waals surface area contributed by atoms with Crippen LogP contribution in [0.3, 0.4) is 0 Å². The quantitative estimate of drug-likeness (QED) is 0.465. The van der Waals surface area contributed by atoms with Gasteiger partial charge in [-0.15, -0.1) is 22.7 Å². The normalized spacial score (nSPS) is 10.4. The molecule has 0 bridgehead atoms. The van der Waals surface area contributed by atoms with E-state index in [0.29, 0.717) is 23.6 Å². The highest BCUT2D eigenvalue weighted by molar-refractivity contribution is 7.25. The number of thiophene rings is 2. The molecule has 2 heterocycles. The highest BCUT2D eigenvalue weighted by Gasteiger charge is 2.19. The minimum absolute atomic E-state index is 0.330. The number of carbonyl (C=O) groups is 2. The van der Waals surface area contributed by atoms with Crippen LogP contribution in [0.4, 0.5) is 5.00 Å². The van der Waals surface area contributed by atoms with Crippen LogP contribution in [0.25, 0.3) is 9.75 Å². The number of hydrogen-bond acceptors (Lipinski definition) is 6. The van der Waals surface area contributed by atoms with Crippen LogP contribution in [0.1, 0.15) is 32.5 Å². The SMILES string of the molecule is CCOC(=O)c1cc(-c2ccc(C=O)s2)sc1NCc1ccccc1. The van der Waals surface area contributed by atoms with Gasteiger partial charge in [-0.05, 0) is 30.7 Å². The van der Waals surface area contributed by atoms with E-state index >= 15 is 0 Å². The van der Waals surface area contributed by atoms with Crippen LogP contribution in [0.2, 0.25) is 0 Å². The van der Waals surface area contributed by atoms with Gasteiger partial charge in [0.2, 0.25) is 0 Å². The number of nitrogens with one attached hydrogen (secondary N) is 1. The molecule has 2 aromatic heterocycles. The molecule has 6 heteroatoms. The molecule has 0 aliphatic rings. The summed E-state index contributed by atoms with van der Waals surface area (Å²) in [4.78, 5) is 25.7. The number of benzene rings is 1. The summed E-state index contributed by atoms with van der Waals surface area (Å²) in [5.74, 6) is -0.340. The molecule has 0 atom stereocenters. The minimum atomic E-state index is -0.340. The molecule has 128 valence electrons. The second-order valence-electron chi connectivity index (χ2n) is 5.23. The van der Waals surface area contributed by atoms with Crippen molar-refractivity contribution in [1.82, 2.24) is 0 Å². The molecule has 0 spiro atoms. The topological polar surface area (TPSA) is 55.4 Å². The van der Waals surface area contributed by atoms with Crippen molar-refractivity contribution in [2.24, 2.45) is 0 Å². The summed E-state index contributed by atoms with van der Waals surface area (Å²) in [7, 11) is 0. The first-order valence-corrected chi connectivity index (χ1v) is 9.48. The van der Waals surface area contributed by atoms with Crippen LogP contribution >= 0.6 is 22.7 Å². The van der Waals surface area contributed by atoms with E-state index in [1.807, 2.05) is 42.5 Å². The summed E-state index contributed by atoms with van der Waals surface area (Å²) in [5, 5.41) is 4.11. The van der Waals surface area contributed by atoms with Gasteiger partial charge in [0.05, 0.1) is 17.0 Å². The second kappa shape index (κ2) is 8.09. The molecule has 0 aliphatic heterocycles. The third-order valence-corrected chi connectivity index (χ3v) is 5.81. The molecule has 0 amide bonds. The molecular weight excluding hydrogens is 354 g/mol. The van der Waals surface area contributed by atoms with Gasteiger partial charge in [-0.1, -0.05) is 30.3 Å². The maximum atomic E-state index is 12.3. The van der Waals surface area contributed by atoms with Gasteiger partial charge in [0.25, 0.3) is 0 Å². The fourth-order valence-electron chi connectivity index (χ4n) is 2.33. The molecule has 1 aromatic carbocycles. The lowest BCUT2D eigenvalue weighted by Gasteiger charge is -2.07. The molecule has 0 aliphatic carbocycles. The summed E-state index contributed by atoms with van der Waals surface area (Å²) >= 11 is 2.90. The van der Waals surface area contributed by atoms with Gasteiger partial charge >= 0.3 is 5.97 Å². The lowest BCUT2D eigenvalue weighted by molar-refractivity contribution is 0.0528. The van der Waals surface area contributed by atoms with Crippen molar-refractivity contribution in [3.8, 4) is 9.75 Å². The van der Waals surface area contributed by atoms with Crippen LogP contribution < -0.4 is 5.32 Å². The van der Waals surface area contributed by atoms with Crippen LogP contribution in [-0.4, -0.2) is 18.9 Å². The predicted octanol–water partition coefficient (Wildman–Crippen LogP) is 5.08. The Kier molecular flexibility index (Phi) is 5.63. The summed E-state index contributed by atoms with van der Waals surface area (Å²) in [6.07, 6.45) is 0.836. The van der Waals surface area contributed by atoms with Crippen molar-refractivity contribution in [1.29, 1.82) is 0 Å². The number of rotatable bonds is 7. The molecule has 0 fully saturated rings. The third-order valence-electron chi connectivity index (χ3n) is 3.51. The van der Waals surface area contributed by atoms with E-state index in [4.69, 9.17) is 4.74 Å². The first-order valence-electron chi connectivity index (χ1n) is 7.85. The molecule has 0 unspecified atom stereocenters. The molecule has 25 heavy (non-hydrogen) atoms. The van der Waals surface area contributed by atoms with Crippen LogP contribution in [0.15, 0.2) is 48.5 Å². The van der Waals surface area contributed by atoms with Crippen molar-refractivity contribution in [2.45, 2.75) is 13.5 Å². The number of aldehydes is 1. The summed E-state index contributed by atoms with van der Waals surface area (Å²) < 4.78 is 5.17. The van der Waals surface area contributed by atoms with Gasteiger partial charge in [-0.3, -0.25) is 4.79 Å². The minimum Gasteiger partial charge on any atom is -0.462 e. The largest absolute Gasteiger partial charge is 0.462 e. The van der Waals surface area contributed by atoms with E-state index < -0.39 is 0 Å². The Morgan fingerprint density at radius 1 is 1.12 bits per heavy atom. The Morgan fingerprint density at radius 3 is 2.60 bits per heavy atom. The molecule has 0 saturated heterocycles. The second-order valence-corrected chi connectivity index (χ2v) is 7.40. The van der Waals surface area contributed by atoms with E-state index in [0.717, 1.165) is 26.6 Å². The monoisotopic (exact) mass is 371 g/mol. The maximum Gasteiger partial charge on any atom is 0.341 e. The summed E-state index contributed by atoms with van der Waals surface area (Å²) in [5.41, 5.74) is 1.66. The summed E-state index contributed by atoms with van der Waals surface area (Å²) in [6.45, 7) is 2.74. The van der Waals surface area contributed by atoms with Gasteiger partial charge < -0.3 is 10.1 Å². The van der Waals surface area contributed by atoms with E-state index in [1.165, 1.54) is 22.7 Å². The van der Waals surface area contributed by atoms with Crippen molar-refractivity contribution >= 4 is 39.9 Å². The Hall–Kier alpha value is -2.44. The Morgan fingerprint density at radius 2 is 1.92 bits per heavy atom. The smallest absolute Gasteiger partial charge is 0.341 e. The fourth-order valence-corrected chi connectivity index (χ4v) is 4.28. The first kappa shape index (κ1) is 17.4. The Labute approximate surface area is 154 Å². The molecule has 3 aromatic rings. The van der Waals surface area contributed by atoms with Crippen molar-refractivity contribution < 1.29 is 14.3 Å². The van der Waals surface area contributed by atoms with Crippen molar-refractivity contribution in [3.05, 3.63) is 64.5 Å². The molecule has 4 nitrogen and oxygen atoms in total. The average Bonchev–Trinajstić information content (AvgIpc) is 3.28. The van der Waals surface area contributed by atoms with Crippen LogP contribution in [0.5, 0.6) is 0 Å². The van der Waals surface area contributed by atoms with Gasteiger partial charge in [-0.2, -0.15) is 0 Å². The average molecular weight is 371 g/mol. The van der Waals surface area contributed by atoms with Crippen LogP contribution in [-0.2, 0) is 11.3 Å². The van der Waals surface area contributed by atoms with Gasteiger partial charge in [0.1, 0.15) is 5.00 Å². The molecule has 0 saturated carbocycles. The number of hydrogen-bond donors (Lipinski definition) is 1. The van der Waals surface area contributed by atoms with Crippen LogP contribution in [0, 0.1) is 0 Å². The molecular formula is C19H17NO3S2. The number of ether oxygens (including phenoxy) is 1. The fraction of sp³-hybridized carbons (Fsp3) is 0.158. The first-order chi connectivity index (χ1) is 12.2. The van der Waals surface area contributed by atoms with E-state index in [2.05, 4.69) is 5.32 Å². The summed E-state index contributed by atoms with van der Waals surface area (Å²) in [6, 6.07) is 15.5. The van der Waals surface area contributed by atoms with Gasteiger partial charge in [-0.25, -0.2) is 4.79 Å². The standard InChI is InChI=1S/C19H17NO3S2/c1-2-23-19(22)15-10-17(16-9-8-14(12-21)24-16)25-18(15)20-11-13-6-4-3-5-7-13/h3-10,12,20H,2,11H2,1H3. The lowest BCUT2D eigenvalue weighted by Crippen LogP contribution is -2.07. The van der Waals surface area contributed by atoms with E-state index in [-0.39, 0.29) is 5.97 Å². The zero-order valence-electron chi connectivity index (χ0n) is 13.7. The highest BCUT2D eigenvalue weighted by Crippen LogP contribution is 2.39. The van der Waals surface area contributed by atoms with E-state index in [9.17, 15) is 9.59 Å². The molecule has 1 N–H and O–H groups in total. The zero-order valence-corrected chi connectivity index (χ0v) is 15.3. The Bertz CT molecular complexity index is 868. The van der Waals surface area contributed by atoms with Crippen molar-refractivity contribution in [2.75, 3.05) is 11.9 Å². The zero-order chi connectivity index (χ0) is 17.6. The third kappa shape index (κ3) is 4.15. The lowest BCUT2D eigenvalue weighted by atomic mass is 10.2. The Balaban J connectivity index is 1.88. The number of anilines is 1. The number of carbonyl (C=O) groups excluding carboxylic acids is 2. The van der Waals surface area contributed by atoms with Crippen molar-refractivity contribution in [3.63, 3.8) is 0 Å². The maximum absolute atomic E-state index is 12.3. The number of esters is 1. The highest BCUT2D eigenvalue weighted by atomic mass is 32.1. The van der Waals surface area contributed by atoms with E-state index in [1.54, 1.807) is 13.0 Å². The van der Waals surface area contributed by atoms with Gasteiger partial charge in [0, 0.05) is 16.3 Å². The molecule has 3 rings (SSSR count). The predicted molar refractivity (Wildman–Crippen MR) is 103 cm³/mol. The van der Waals surface area contributed by atoms with Gasteiger partial charge in [0.15, 0.2) is 6.29 Å². The molecule has 0 radical (unpaired) electrons.